The zero-order valence-corrected chi connectivity index (χ0v) is 46.2. The highest BCUT2D eigenvalue weighted by Crippen LogP contribution is 2.18. The van der Waals surface area contributed by atoms with Crippen LogP contribution in [0, 0.1) is 0 Å². The summed E-state index contributed by atoms with van der Waals surface area (Å²) in [6.07, 6.45) is 66.8. The summed E-state index contributed by atoms with van der Waals surface area (Å²) in [5, 5.41) is 0. The highest BCUT2D eigenvalue weighted by Gasteiger charge is 2.19. The van der Waals surface area contributed by atoms with Gasteiger partial charge in [-0.25, -0.2) is 0 Å². The molecule has 0 radical (unpaired) electrons. The van der Waals surface area contributed by atoms with Crippen LogP contribution in [0.2, 0.25) is 0 Å². The largest absolute Gasteiger partial charge is 0.462 e. The lowest BCUT2D eigenvalue weighted by atomic mass is 10.0. The summed E-state index contributed by atoms with van der Waals surface area (Å²) in [7, 11) is 0. The monoisotopic (exact) mass is 959 g/mol. The summed E-state index contributed by atoms with van der Waals surface area (Å²) in [6.45, 7) is 6.64. The van der Waals surface area contributed by atoms with E-state index in [1.165, 1.54) is 250 Å². The minimum atomic E-state index is -0.763. The first-order valence-corrected chi connectivity index (χ1v) is 30.7. The van der Waals surface area contributed by atoms with Gasteiger partial charge in [-0.2, -0.15) is 0 Å². The molecule has 0 heterocycles. The first-order chi connectivity index (χ1) is 33.5. The Hall–Kier alpha value is -1.85. The minimum absolute atomic E-state index is 0.0652. The van der Waals surface area contributed by atoms with Crippen LogP contribution in [-0.4, -0.2) is 37.2 Å². The number of unbranched alkanes of at least 4 members (excludes halogenated alkanes) is 44. The van der Waals surface area contributed by atoms with E-state index in [-0.39, 0.29) is 31.1 Å². The summed E-state index contributed by atoms with van der Waals surface area (Å²) in [6, 6.07) is 0. The molecule has 0 aromatic carbocycles. The first kappa shape index (κ1) is 66.2. The fourth-order valence-corrected chi connectivity index (χ4v) is 9.38. The van der Waals surface area contributed by atoms with Crippen molar-refractivity contribution >= 4 is 17.9 Å². The average molecular weight is 960 g/mol. The SMILES string of the molecule is CCCCCCCCCC/C=C\CCCCCCCCCCCCCC(=O)OCC(COC(=O)CCCCCCCC)OC(=O)CCCCCCCCCCCCCCCCCCCCCCC. The van der Waals surface area contributed by atoms with E-state index in [0.29, 0.717) is 19.3 Å². The van der Waals surface area contributed by atoms with E-state index in [1.807, 2.05) is 0 Å². The van der Waals surface area contributed by atoms with E-state index < -0.39 is 6.10 Å². The maximum Gasteiger partial charge on any atom is 0.306 e. The summed E-state index contributed by atoms with van der Waals surface area (Å²) >= 11 is 0. The Bertz CT molecular complexity index is 1060. The van der Waals surface area contributed by atoms with Crippen molar-refractivity contribution in [1.82, 2.24) is 0 Å². The number of carbonyl (C=O) groups is 3. The third kappa shape index (κ3) is 55.1. The van der Waals surface area contributed by atoms with Crippen LogP contribution in [0.15, 0.2) is 12.2 Å². The molecule has 0 spiro atoms. The van der Waals surface area contributed by atoms with Crippen molar-refractivity contribution in [2.75, 3.05) is 13.2 Å². The van der Waals surface area contributed by atoms with Crippen LogP contribution in [0.3, 0.4) is 0 Å². The van der Waals surface area contributed by atoms with Gasteiger partial charge in [0.1, 0.15) is 13.2 Å². The van der Waals surface area contributed by atoms with Crippen LogP contribution in [0.1, 0.15) is 348 Å². The van der Waals surface area contributed by atoms with Gasteiger partial charge >= 0.3 is 17.9 Å². The van der Waals surface area contributed by atoms with E-state index in [0.717, 1.165) is 57.8 Å². The average Bonchev–Trinajstić information content (AvgIpc) is 3.34. The van der Waals surface area contributed by atoms with Gasteiger partial charge in [-0.3, -0.25) is 14.4 Å². The maximum atomic E-state index is 12.8. The molecule has 0 N–H and O–H groups in total. The standard InChI is InChI=1S/C62H118O6/c1-4-7-10-13-16-18-20-22-24-26-28-30-31-33-34-36-38-40-42-44-46-49-52-55-61(64)67-58-59(57-66-60(63)54-51-48-15-12-9-6-3)68-62(65)56-53-50-47-45-43-41-39-37-35-32-29-27-25-23-21-19-17-14-11-8-5-2/h26,28,59H,4-25,27,29-58H2,1-3H3/b28-26-. The number of carbonyl (C=O) groups excluding carboxylic acids is 3. The fraction of sp³-hybridized carbons (Fsp3) is 0.919. The Balaban J connectivity index is 4.05. The number of esters is 3. The highest BCUT2D eigenvalue weighted by atomic mass is 16.6. The third-order valence-corrected chi connectivity index (χ3v) is 14.0. The van der Waals surface area contributed by atoms with Crippen molar-refractivity contribution in [3.63, 3.8) is 0 Å². The molecule has 6 nitrogen and oxygen atoms in total. The van der Waals surface area contributed by atoms with Crippen molar-refractivity contribution in [3.05, 3.63) is 12.2 Å². The van der Waals surface area contributed by atoms with Crippen LogP contribution in [0.4, 0.5) is 0 Å². The second-order valence-electron chi connectivity index (χ2n) is 21.0. The smallest absolute Gasteiger partial charge is 0.306 e. The Morgan fingerprint density at radius 1 is 0.279 bits per heavy atom. The molecule has 1 unspecified atom stereocenters. The van der Waals surface area contributed by atoms with Gasteiger partial charge in [0, 0.05) is 19.3 Å². The lowest BCUT2D eigenvalue weighted by Crippen LogP contribution is -2.30. The molecule has 402 valence electrons. The summed E-state index contributed by atoms with van der Waals surface area (Å²) in [5.74, 6) is -0.851. The van der Waals surface area contributed by atoms with Gasteiger partial charge < -0.3 is 14.2 Å². The number of hydrogen-bond donors (Lipinski definition) is 0. The third-order valence-electron chi connectivity index (χ3n) is 14.0. The highest BCUT2D eigenvalue weighted by molar-refractivity contribution is 5.71. The maximum absolute atomic E-state index is 12.8. The molecular formula is C62H118O6. The van der Waals surface area contributed by atoms with Gasteiger partial charge in [-0.05, 0) is 44.9 Å². The second kappa shape index (κ2) is 57.7. The number of allylic oxidation sites excluding steroid dienone is 2. The van der Waals surface area contributed by atoms with E-state index in [2.05, 4.69) is 32.9 Å². The normalized spacial score (nSPS) is 12.0. The van der Waals surface area contributed by atoms with Gasteiger partial charge in [0.25, 0.3) is 0 Å². The second-order valence-corrected chi connectivity index (χ2v) is 21.0. The molecule has 0 aliphatic rings. The molecule has 1 atom stereocenters. The summed E-state index contributed by atoms with van der Waals surface area (Å²) in [4.78, 5) is 37.9. The first-order valence-electron chi connectivity index (χ1n) is 30.7. The Morgan fingerprint density at radius 2 is 0.485 bits per heavy atom. The predicted octanol–water partition coefficient (Wildman–Crippen LogP) is 20.5. The number of hydrogen-bond acceptors (Lipinski definition) is 6. The molecule has 0 saturated heterocycles. The van der Waals surface area contributed by atoms with Gasteiger partial charge in [0.05, 0.1) is 0 Å². The molecule has 0 aromatic rings. The van der Waals surface area contributed by atoms with Crippen LogP contribution in [-0.2, 0) is 28.6 Å². The number of rotatable bonds is 57. The fourth-order valence-electron chi connectivity index (χ4n) is 9.38. The van der Waals surface area contributed by atoms with Crippen molar-refractivity contribution in [3.8, 4) is 0 Å². The molecular weight excluding hydrogens is 841 g/mol. The van der Waals surface area contributed by atoms with Crippen LogP contribution >= 0.6 is 0 Å². The van der Waals surface area contributed by atoms with E-state index in [9.17, 15) is 14.4 Å². The molecule has 0 rings (SSSR count). The quantitative estimate of drug-likeness (QED) is 0.0262. The summed E-state index contributed by atoms with van der Waals surface area (Å²) < 4.78 is 16.8. The molecule has 0 aliphatic heterocycles. The lowest BCUT2D eigenvalue weighted by molar-refractivity contribution is -0.167. The van der Waals surface area contributed by atoms with Gasteiger partial charge in [-0.15, -0.1) is 0 Å². The van der Waals surface area contributed by atoms with E-state index in [4.69, 9.17) is 14.2 Å². The Kier molecular flexibility index (Phi) is 56.2. The molecule has 6 heteroatoms. The van der Waals surface area contributed by atoms with Crippen molar-refractivity contribution in [2.24, 2.45) is 0 Å². The molecule has 0 aliphatic carbocycles. The van der Waals surface area contributed by atoms with Gasteiger partial charge in [-0.1, -0.05) is 296 Å². The topological polar surface area (TPSA) is 78.9 Å². The zero-order valence-electron chi connectivity index (χ0n) is 46.2. The van der Waals surface area contributed by atoms with Crippen LogP contribution in [0.5, 0.6) is 0 Å². The molecule has 0 aromatic heterocycles. The Labute approximate surface area is 424 Å². The van der Waals surface area contributed by atoms with Crippen LogP contribution in [0.25, 0.3) is 0 Å². The molecule has 0 bridgehead atoms. The lowest BCUT2D eigenvalue weighted by Gasteiger charge is -2.18. The Morgan fingerprint density at radius 3 is 0.735 bits per heavy atom. The van der Waals surface area contributed by atoms with Gasteiger partial charge in [0.2, 0.25) is 0 Å². The van der Waals surface area contributed by atoms with Crippen molar-refractivity contribution in [1.29, 1.82) is 0 Å². The van der Waals surface area contributed by atoms with Gasteiger partial charge in [0.15, 0.2) is 6.10 Å². The zero-order chi connectivity index (χ0) is 49.3. The van der Waals surface area contributed by atoms with Crippen molar-refractivity contribution in [2.45, 2.75) is 354 Å². The molecule has 0 fully saturated rings. The summed E-state index contributed by atoms with van der Waals surface area (Å²) in [5.41, 5.74) is 0. The molecule has 0 saturated carbocycles. The van der Waals surface area contributed by atoms with E-state index in [1.54, 1.807) is 0 Å². The van der Waals surface area contributed by atoms with Crippen LogP contribution < -0.4 is 0 Å². The van der Waals surface area contributed by atoms with Crippen molar-refractivity contribution < 1.29 is 28.6 Å². The van der Waals surface area contributed by atoms with E-state index >= 15 is 0 Å². The molecule has 68 heavy (non-hydrogen) atoms. The predicted molar refractivity (Wildman–Crippen MR) is 293 cm³/mol. The molecule has 0 amide bonds. The minimum Gasteiger partial charge on any atom is -0.462 e. The number of ether oxygens (including phenoxy) is 3.